The Morgan fingerprint density at radius 1 is 1.07 bits per heavy atom. The molecule has 0 aliphatic carbocycles. The average molecular weight is 593 g/mol. The summed E-state index contributed by atoms with van der Waals surface area (Å²) >= 11 is 6.08. The second-order valence-electron chi connectivity index (χ2n) is 8.68. The maximum atomic E-state index is 13.2. The highest BCUT2D eigenvalue weighted by Gasteiger charge is 2.39. The van der Waals surface area contributed by atoms with E-state index in [0.717, 1.165) is 22.3 Å². The van der Waals surface area contributed by atoms with Gasteiger partial charge in [-0.25, -0.2) is 9.78 Å². The van der Waals surface area contributed by atoms with Crippen molar-refractivity contribution in [2.24, 2.45) is 7.05 Å². The molecule has 40 heavy (non-hydrogen) atoms. The molecule has 4 aromatic rings. The maximum Gasteiger partial charge on any atom is 0.573 e. The lowest BCUT2D eigenvalue weighted by molar-refractivity contribution is -0.275. The number of fused-ring (bicyclic) bond motifs is 1. The Morgan fingerprint density at radius 2 is 1.77 bits per heavy atom. The van der Waals surface area contributed by atoms with Crippen LogP contribution in [0.3, 0.4) is 0 Å². The molecule has 0 fully saturated rings. The van der Waals surface area contributed by atoms with E-state index in [4.69, 9.17) is 16.3 Å². The number of imidazole rings is 1. The minimum Gasteiger partial charge on any atom is -0.485 e. The molecule has 1 unspecified atom stereocenters. The van der Waals surface area contributed by atoms with Crippen molar-refractivity contribution >= 4 is 22.8 Å². The number of hydrogen-bond donors (Lipinski definition) is 2. The van der Waals surface area contributed by atoms with Crippen molar-refractivity contribution in [2.75, 3.05) is 0 Å². The van der Waals surface area contributed by atoms with Gasteiger partial charge in [0.05, 0.1) is 6.54 Å². The third kappa shape index (κ3) is 6.09. The molecule has 0 saturated carbocycles. The smallest absolute Gasteiger partial charge is 0.485 e. The van der Waals surface area contributed by atoms with Crippen molar-refractivity contribution in [3.8, 4) is 22.9 Å². The van der Waals surface area contributed by atoms with Gasteiger partial charge in [0, 0.05) is 17.6 Å². The predicted octanol–water partition coefficient (Wildman–Crippen LogP) is 4.45. The molecule has 0 aliphatic heterocycles. The third-order valence-electron chi connectivity index (χ3n) is 5.80. The number of H-pyrrole nitrogens is 1. The number of aliphatic hydroxyl groups is 1. The standard InChI is InChI=1S/C24H19ClF6N4O5/c1-11-3-4-12(7-14(11)25)10-39-15-6-5-13(8-16(15)40-24(29,30)31)19-32-20-18(34(19)2)21(37)33-22(38)35(20)9-17(36)23(26,27)28/h3-8,17,36H,9-10H2,1-2H3,(H,33,37,38). The van der Waals surface area contributed by atoms with Crippen molar-refractivity contribution in [3.05, 3.63) is 73.4 Å². The van der Waals surface area contributed by atoms with Crippen LogP contribution in [0.4, 0.5) is 26.3 Å². The van der Waals surface area contributed by atoms with Crippen LogP contribution in [0, 0.1) is 6.92 Å². The van der Waals surface area contributed by atoms with Gasteiger partial charge in [-0.15, -0.1) is 13.2 Å². The number of halogens is 7. The van der Waals surface area contributed by atoms with Gasteiger partial charge in [-0.2, -0.15) is 13.2 Å². The van der Waals surface area contributed by atoms with Crippen LogP contribution in [-0.4, -0.2) is 42.9 Å². The monoisotopic (exact) mass is 592 g/mol. The number of benzene rings is 2. The summed E-state index contributed by atoms with van der Waals surface area (Å²) in [4.78, 5) is 30.6. The van der Waals surface area contributed by atoms with Crippen LogP contribution in [0.25, 0.3) is 22.6 Å². The molecule has 0 amide bonds. The first-order valence-corrected chi connectivity index (χ1v) is 11.6. The van der Waals surface area contributed by atoms with Crippen LogP contribution in [0.15, 0.2) is 46.0 Å². The molecule has 1 atom stereocenters. The van der Waals surface area contributed by atoms with Gasteiger partial charge in [0.1, 0.15) is 12.4 Å². The highest BCUT2D eigenvalue weighted by molar-refractivity contribution is 6.31. The molecule has 2 aromatic heterocycles. The molecular weight excluding hydrogens is 574 g/mol. The number of aromatic amines is 1. The van der Waals surface area contributed by atoms with Gasteiger partial charge in [0.2, 0.25) is 0 Å². The largest absolute Gasteiger partial charge is 0.573 e. The van der Waals surface area contributed by atoms with E-state index in [9.17, 15) is 41.0 Å². The Morgan fingerprint density at radius 3 is 2.40 bits per heavy atom. The molecule has 2 aromatic carbocycles. The Hall–Kier alpha value is -3.98. The molecule has 0 bridgehead atoms. The van der Waals surface area contributed by atoms with Crippen molar-refractivity contribution in [1.82, 2.24) is 19.1 Å². The zero-order chi connectivity index (χ0) is 29.6. The fraction of sp³-hybridized carbons (Fsp3) is 0.292. The minimum atomic E-state index is -5.12. The number of aliphatic hydroxyl groups excluding tert-OH is 1. The molecule has 2 heterocycles. The van der Waals surface area contributed by atoms with Gasteiger partial charge in [-0.3, -0.25) is 14.3 Å². The average Bonchev–Trinajstić information content (AvgIpc) is 3.18. The summed E-state index contributed by atoms with van der Waals surface area (Å²) in [6.07, 6.45) is -13.2. The Bertz CT molecular complexity index is 1690. The van der Waals surface area contributed by atoms with Crippen LogP contribution in [0.5, 0.6) is 11.5 Å². The van der Waals surface area contributed by atoms with Gasteiger partial charge in [-0.05, 0) is 42.3 Å². The lowest BCUT2D eigenvalue weighted by atomic mass is 10.1. The summed E-state index contributed by atoms with van der Waals surface area (Å²) in [5.74, 6) is -1.26. The molecule has 0 aliphatic rings. The van der Waals surface area contributed by atoms with E-state index < -0.39 is 47.8 Å². The van der Waals surface area contributed by atoms with Crippen LogP contribution in [0.2, 0.25) is 5.02 Å². The molecule has 0 saturated heterocycles. The highest BCUT2D eigenvalue weighted by Crippen LogP contribution is 2.37. The zero-order valence-corrected chi connectivity index (χ0v) is 21.3. The second kappa shape index (κ2) is 10.5. The lowest BCUT2D eigenvalue weighted by Gasteiger charge is -2.16. The quantitative estimate of drug-likeness (QED) is 0.307. The fourth-order valence-electron chi connectivity index (χ4n) is 3.81. The van der Waals surface area contributed by atoms with Crippen LogP contribution >= 0.6 is 11.6 Å². The molecule has 0 radical (unpaired) electrons. The first-order valence-electron chi connectivity index (χ1n) is 11.3. The lowest BCUT2D eigenvalue weighted by Crippen LogP contribution is -2.39. The molecule has 4 rings (SSSR count). The molecular formula is C24H19ClF6N4O5. The zero-order valence-electron chi connectivity index (χ0n) is 20.5. The summed E-state index contributed by atoms with van der Waals surface area (Å²) in [5.41, 5.74) is -1.88. The van der Waals surface area contributed by atoms with E-state index >= 15 is 0 Å². The van der Waals surface area contributed by atoms with E-state index in [0.29, 0.717) is 15.2 Å². The number of alkyl halides is 6. The number of nitrogens with one attached hydrogen (secondary N) is 1. The number of aromatic nitrogens is 4. The maximum absolute atomic E-state index is 13.2. The number of rotatable bonds is 7. The van der Waals surface area contributed by atoms with Gasteiger partial charge in [-0.1, -0.05) is 23.7 Å². The summed E-state index contributed by atoms with van der Waals surface area (Å²) in [6.45, 7) is 0.320. The Balaban J connectivity index is 1.78. The fourth-order valence-corrected chi connectivity index (χ4v) is 4.01. The topological polar surface area (TPSA) is 111 Å². The van der Waals surface area contributed by atoms with Crippen molar-refractivity contribution in [1.29, 1.82) is 0 Å². The Kier molecular flexibility index (Phi) is 7.64. The normalized spacial score (nSPS) is 13.1. The second-order valence-corrected chi connectivity index (χ2v) is 9.08. The number of hydrogen-bond acceptors (Lipinski definition) is 6. The van der Waals surface area contributed by atoms with E-state index in [1.54, 1.807) is 25.1 Å². The highest BCUT2D eigenvalue weighted by atomic mass is 35.5. The molecule has 9 nitrogen and oxygen atoms in total. The van der Waals surface area contributed by atoms with E-state index in [1.807, 2.05) is 4.98 Å². The number of nitrogens with zero attached hydrogens (tertiary/aromatic N) is 3. The van der Waals surface area contributed by atoms with Crippen LogP contribution in [-0.2, 0) is 20.2 Å². The molecule has 0 spiro atoms. The summed E-state index contributed by atoms with van der Waals surface area (Å²) in [5, 5.41) is 9.90. The van der Waals surface area contributed by atoms with Gasteiger partial charge < -0.3 is 19.1 Å². The van der Waals surface area contributed by atoms with Gasteiger partial charge in [0.25, 0.3) is 5.56 Å². The van der Waals surface area contributed by atoms with Crippen molar-refractivity contribution in [3.63, 3.8) is 0 Å². The summed E-state index contributed by atoms with van der Waals surface area (Å²) in [6, 6.07) is 8.30. The van der Waals surface area contributed by atoms with Gasteiger partial charge >= 0.3 is 18.2 Å². The third-order valence-corrected chi connectivity index (χ3v) is 6.21. The van der Waals surface area contributed by atoms with Crippen molar-refractivity contribution in [2.45, 2.75) is 38.7 Å². The van der Waals surface area contributed by atoms with E-state index in [2.05, 4.69) is 9.72 Å². The van der Waals surface area contributed by atoms with E-state index in [-0.39, 0.29) is 29.3 Å². The minimum absolute atomic E-state index is 0.0570. The SMILES string of the molecule is Cc1ccc(COc2ccc(-c3nc4c(c(=O)[nH]c(=O)n4CC(O)C(F)(F)F)n3C)cc2OC(F)(F)F)cc1Cl. The van der Waals surface area contributed by atoms with Crippen LogP contribution < -0.4 is 20.7 Å². The van der Waals surface area contributed by atoms with Gasteiger partial charge in [0.15, 0.2) is 28.8 Å². The molecule has 2 N–H and O–H groups in total. The first kappa shape index (κ1) is 29.0. The van der Waals surface area contributed by atoms with Crippen LogP contribution in [0.1, 0.15) is 11.1 Å². The molecule has 214 valence electrons. The number of ether oxygens (including phenoxy) is 2. The number of aryl methyl sites for hydroxylation is 2. The Labute approximate surface area is 225 Å². The van der Waals surface area contributed by atoms with Crippen molar-refractivity contribution < 1.29 is 40.9 Å². The predicted molar refractivity (Wildman–Crippen MR) is 130 cm³/mol. The first-order chi connectivity index (χ1) is 18.5. The summed E-state index contributed by atoms with van der Waals surface area (Å²) in [7, 11) is 1.27. The molecule has 16 heteroatoms. The summed E-state index contributed by atoms with van der Waals surface area (Å²) < 4.78 is 89.6. The van der Waals surface area contributed by atoms with E-state index in [1.165, 1.54) is 13.1 Å².